The van der Waals surface area contributed by atoms with Gasteiger partial charge in [0, 0.05) is 22.5 Å². The van der Waals surface area contributed by atoms with Gasteiger partial charge in [0.2, 0.25) is 0 Å². The molecule has 1 aromatic carbocycles. The largest absolute Gasteiger partial charge is 0.311 e. The first kappa shape index (κ1) is 16.5. The molecule has 0 fully saturated rings. The second-order valence-corrected chi connectivity index (χ2v) is 6.62. The van der Waals surface area contributed by atoms with Crippen molar-refractivity contribution in [1.82, 2.24) is 5.32 Å². The second-order valence-electron chi connectivity index (χ2n) is 6.22. The van der Waals surface area contributed by atoms with Crippen molar-refractivity contribution in [3.8, 4) is 0 Å². The van der Waals surface area contributed by atoms with E-state index < -0.39 is 0 Å². The molecule has 0 radical (unpaired) electrons. The molecule has 1 N–H and O–H groups in total. The van der Waals surface area contributed by atoms with Gasteiger partial charge in [-0.1, -0.05) is 31.5 Å². The Hall–Kier alpha value is -0.600. The summed E-state index contributed by atoms with van der Waals surface area (Å²) in [6.07, 6.45) is 1.94. The van der Waals surface area contributed by atoms with E-state index in [1.165, 1.54) is 12.1 Å². The molecule has 0 saturated heterocycles. The number of rotatable bonds is 5. The van der Waals surface area contributed by atoms with Gasteiger partial charge in [0.05, 0.1) is 0 Å². The minimum atomic E-state index is -0.279. The molecule has 0 amide bonds. The van der Waals surface area contributed by atoms with Crippen LogP contribution in [0.2, 0.25) is 5.02 Å². The summed E-state index contributed by atoms with van der Waals surface area (Å²) in [7, 11) is 0. The van der Waals surface area contributed by atoms with Crippen LogP contribution in [0.25, 0.3) is 0 Å². The second kappa shape index (κ2) is 6.23. The molecule has 0 aliphatic carbocycles. The summed E-state index contributed by atoms with van der Waals surface area (Å²) in [4.78, 5) is 0. The van der Waals surface area contributed by atoms with Crippen LogP contribution in [0.1, 0.15) is 53.0 Å². The summed E-state index contributed by atoms with van der Waals surface area (Å²) < 4.78 is 13.2. The van der Waals surface area contributed by atoms with E-state index in [0.717, 1.165) is 24.9 Å². The van der Waals surface area contributed by atoms with Gasteiger partial charge in [0.25, 0.3) is 0 Å². The van der Waals surface area contributed by atoms with E-state index in [1.807, 2.05) is 6.07 Å². The minimum absolute atomic E-state index is 0.0436. The fourth-order valence-electron chi connectivity index (χ4n) is 2.33. The van der Waals surface area contributed by atoms with Crippen LogP contribution in [0.3, 0.4) is 0 Å². The molecular weight excluding hydrogens is 261 g/mol. The average molecular weight is 286 g/mol. The number of hydrogen-bond donors (Lipinski definition) is 1. The predicted octanol–water partition coefficient (Wildman–Crippen LogP) is 4.93. The van der Waals surface area contributed by atoms with Gasteiger partial charge in [-0.2, -0.15) is 0 Å². The molecule has 3 heteroatoms. The molecule has 19 heavy (non-hydrogen) atoms. The summed E-state index contributed by atoms with van der Waals surface area (Å²) in [6, 6.07) is 4.74. The van der Waals surface area contributed by atoms with Crippen LogP contribution in [-0.2, 0) is 5.41 Å². The SMILES string of the molecule is CCC(CC)(CNC(C)(C)C)c1ccc(F)cc1Cl. The van der Waals surface area contributed by atoms with E-state index in [1.54, 1.807) is 0 Å². The van der Waals surface area contributed by atoms with Gasteiger partial charge >= 0.3 is 0 Å². The Balaban J connectivity index is 3.10. The topological polar surface area (TPSA) is 12.0 Å². The van der Waals surface area contributed by atoms with Crippen molar-refractivity contribution in [1.29, 1.82) is 0 Å². The van der Waals surface area contributed by atoms with Crippen LogP contribution in [0.5, 0.6) is 0 Å². The summed E-state index contributed by atoms with van der Waals surface area (Å²) in [5.74, 6) is -0.279. The first-order chi connectivity index (χ1) is 8.74. The first-order valence-corrected chi connectivity index (χ1v) is 7.32. The fraction of sp³-hybridized carbons (Fsp3) is 0.625. The maximum absolute atomic E-state index is 13.2. The lowest BCUT2D eigenvalue weighted by atomic mass is 9.75. The molecule has 0 aliphatic heterocycles. The molecule has 0 aromatic heterocycles. The zero-order valence-corrected chi connectivity index (χ0v) is 13.4. The third-order valence-corrected chi connectivity index (χ3v) is 4.13. The molecule has 0 spiro atoms. The Labute approximate surface area is 121 Å². The molecule has 1 rings (SSSR count). The van der Waals surface area contributed by atoms with E-state index in [9.17, 15) is 4.39 Å². The van der Waals surface area contributed by atoms with E-state index in [0.29, 0.717) is 5.02 Å². The van der Waals surface area contributed by atoms with Crippen molar-refractivity contribution in [2.24, 2.45) is 0 Å². The number of nitrogens with one attached hydrogen (secondary N) is 1. The zero-order chi connectivity index (χ0) is 14.7. The lowest BCUT2D eigenvalue weighted by Crippen LogP contribution is -2.45. The van der Waals surface area contributed by atoms with Gasteiger partial charge < -0.3 is 5.32 Å². The molecule has 108 valence electrons. The van der Waals surface area contributed by atoms with Crippen molar-refractivity contribution < 1.29 is 4.39 Å². The molecule has 0 atom stereocenters. The monoisotopic (exact) mass is 285 g/mol. The maximum Gasteiger partial charge on any atom is 0.124 e. The molecule has 1 nitrogen and oxygen atoms in total. The highest BCUT2D eigenvalue weighted by Crippen LogP contribution is 2.36. The number of benzene rings is 1. The molecular formula is C16H25ClFN. The van der Waals surface area contributed by atoms with Crippen LogP contribution in [0.15, 0.2) is 18.2 Å². The van der Waals surface area contributed by atoms with Gasteiger partial charge in [-0.3, -0.25) is 0 Å². The lowest BCUT2D eigenvalue weighted by Gasteiger charge is -2.36. The Morgan fingerprint density at radius 1 is 1.16 bits per heavy atom. The summed E-state index contributed by atoms with van der Waals surface area (Å²) in [6.45, 7) is 11.6. The number of halogens is 2. The quantitative estimate of drug-likeness (QED) is 0.809. The van der Waals surface area contributed by atoms with Crippen LogP contribution in [0, 0.1) is 5.82 Å². The fourth-order valence-corrected chi connectivity index (χ4v) is 2.70. The smallest absolute Gasteiger partial charge is 0.124 e. The van der Waals surface area contributed by atoms with E-state index in [2.05, 4.69) is 39.9 Å². The third-order valence-electron chi connectivity index (χ3n) is 3.81. The number of hydrogen-bond acceptors (Lipinski definition) is 1. The standard InChI is InChI=1S/C16H25ClFN/c1-6-16(7-2,11-19-15(3,4)5)13-9-8-12(18)10-14(13)17/h8-10,19H,6-7,11H2,1-5H3. The van der Waals surface area contributed by atoms with Crippen LogP contribution < -0.4 is 5.32 Å². The van der Waals surface area contributed by atoms with Crippen molar-refractivity contribution >= 4 is 11.6 Å². The highest BCUT2D eigenvalue weighted by Gasteiger charge is 2.31. The molecule has 0 bridgehead atoms. The molecule has 0 saturated carbocycles. The molecule has 0 aliphatic rings. The third kappa shape index (κ3) is 4.19. The lowest BCUT2D eigenvalue weighted by molar-refractivity contribution is 0.312. The van der Waals surface area contributed by atoms with Crippen molar-refractivity contribution in [3.63, 3.8) is 0 Å². The Kier molecular flexibility index (Phi) is 5.40. The molecule has 0 unspecified atom stereocenters. The van der Waals surface area contributed by atoms with Crippen molar-refractivity contribution in [2.45, 2.75) is 58.4 Å². The zero-order valence-electron chi connectivity index (χ0n) is 12.6. The Morgan fingerprint density at radius 2 is 1.74 bits per heavy atom. The summed E-state index contributed by atoms with van der Waals surface area (Å²) >= 11 is 6.25. The average Bonchev–Trinajstić information content (AvgIpc) is 2.31. The summed E-state index contributed by atoms with van der Waals surface area (Å²) in [5, 5.41) is 4.08. The van der Waals surface area contributed by atoms with Crippen molar-refractivity contribution in [3.05, 3.63) is 34.6 Å². The Morgan fingerprint density at radius 3 is 2.16 bits per heavy atom. The normalized spacial score (nSPS) is 12.8. The minimum Gasteiger partial charge on any atom is -0.311 e. The first-order valence-electron chi connectivity index (χ1n) is 6.94. The predicted molar refractivity (Wildman–Crippen MR) is 81.4 cm³/mol. The summed E-state index contributed by atoms with van der Waals surface area (Å²) in [5.41, 5.74) is 1.05. The maximum atomic E-state index is 13.2. The van der Waals surface area contributed by atoms with Gasteiger partial charge in [-0.05, 0) is 51.3 Å². The van der Waals surface area contributed by atoms with Gasteiger partial charge in [-0.25, -0.2) is 4.39 Å². The van der Waals surface area contributed by atoms with Gasteiger partial charge in [0.15, 0.2) is 0 Å². The molecule has 0 heterocycles. The van der Waals surface area contributed by atoms with Gasteiger partial charge in [0.1, 0.15) is 5.82 Å². The molecule has 1 aromatic rings. The van der Waals surface area contributed by atoms with Crippen LogP contribution >= 0.6 is 11.6 Å². The highest BCUT2D eigenvalue weighted by atomic mass is 35.5. The van der Waals surface area contributed by atoms with E-state index in [4.69, 9.17) is 11.6 Å². The van der Waals surface area contributed by atoms with E-state index >= 15 is 0 Å². The van der Waals surface area contributed by atoms with Crippen LogP contribution in [0.4, 0.5) is 4.39 Å². The van der Waals surface area contributed by atoms with E-state index in [-0.39, 0.29) is 16.8 Å². The van der Waals surface area contributed by atoms with Gasteiger partial charge in [-0.15, -0.1) is 0 Å². The van der Waals surface area contributed by atoms with Crippen LogP contribution in [-0.4, -0.2) is 12.1 Å². The Bertz CT molecular complexity index is 419. The highest BCUT2D eigenvalue weighted by molar-refractivity contribution is 6.31. The van der Waals surface area contributed by atoms with Crippen molar-refractivity contribution in [2.75, 3.05) is 6.54 Å².